The number of nitrogens with one attached hydrogen (secondary N) is 4. The number of aliphatic carboxylic acids is 3. The molecule has 25 nitrogen and oxygen atoms in total. The minimum absolute atomic E-state index is 0.0304. The highest BCUT2D eigenvalue weighted by Gasteiger charge is 2.26. The van der Waals surface area contributed by atoms with Crippen molar-refractivity contribution in [3.8, 4) is 11.5 Å². The normalized spacial score (nSPS) is 10.7. The van der Waals surface area contributed by atoms with E-state index in [-0.39, 0.29) is 71.9 Å². The maximum absolute atomic E-state index is 12.4. The number of benzene rings is 7. The number of amides is 2. The van der Waals surface area contributed by atoms with Gasteiger partial charge < -0.3 is 40.9 Å². The summed E-state index contributed by atoms with van der Waals surface area (Å²) in [6.07, 6.45) is 11.0. The Balaban J connectivity index is 0.000000270. The van der Waals surface area contributed by atoms with Crippen molar-refractivity contribution in [1.82, 2.24) is 4.72 Å². The molecule has 0 aliphatic heterocycles. The highest BCUT2D eigenvalue weighted by Crippen LogP contribution is 2.27. The first-order valence-electron chi connectivity index (χ1n) is 30.2. The second-order valence-corrected chi connectivity index (χ2v) is 24.6. The zero-order chi connectivity index (χ0) is 69.6. The Kier molecular flexibility index (Phi) is 33.3. The van der Waals surface area contributed by atoms with Crippen LogP contribution in [-0.4, -0.2) is 95.1 Å². The summed E-state index contributed by atoms with van der Waals surface area (Å²) >= 11 is 0. The van der Waals surface area contributed by atoms with Gasteiger partial charge >= 0.3 is 17.9 Å². The number of aliphatic hydroxyl groups is 1. The van der Waals surface area contributed by atoms with Crippen molar-refractivity contribution < 1.29 is 80.9 Å². The predicted molar refractivity (Wildman–Crippen MR) is 359 cm³/mol. The lowest BCUT2D eigenvalue weighted by atomic mass is 10.1. The van der Waals surface area contributed by atoms with Gasteiger partial charge in [0.1, 0.15) is 11.5 Å². The number of anilines is 3. The molecule has 0 radical (unpaired) electrons. The molecule has 0 saturated heterocycles. The van der Waals surface area contributed by atoms with Gasteiger partial charge in [0.25, 0.3) is 33.2 Å². The Labute approximate surface area is 551 Å². The summed E-state index contributed by atoms with van der Waals surface area (Å²) in [5, 5.41) is 71.8. The maximum Gasteiger partial charge on any atom is 0.303 e. The van der Waals surface area contributed by atoms with Crippen LogP contribution >= 0.6 is 0 Å². The van der Waals surface area contributed by atoms with E-state index in [0.717, 1.165) is 68.2 Å². The quantitative estimate of drug-likeness (QED) is 0.00771. The maximum atomic E-state index is 12.4. The molecule has 0 aliphatic carbocycles. The van der Waals surface area contributed by atoms with Crippen LogP contribution in [-0.2, 0) is 58.5 Å². The number of aromatic hydroxyl groups is 1. The Morgan fingerprint density at radius 1 is 0.453 bits per heavy atom. The lowest BCUT2D eigenvalue weighted by Crippen LogP contribution is -2.25. The number of sulfonamides is 2. The molecule has 506 valence electrons. The van der Waals surface area contributed by atoms with E-state index in [2.05, 4.69) is 26.7 Å². The molecule has 0 heterocycles. The number of hydrogen-bond acceptors (Lipinski definition) is 16. The number of carboxylic acids is 3. The highest BCUT2D eigenvalue weighted by molar-refractivity contribution is 7.93. The van der Waals surface area contributed by atoms with Gasteiger partial charge in [0.05, 0.1) is 21.2 Å². The van der Waals surface area contributed by atoms with Crippen molar-refractivity contribution in [1.29, 1.82) is 0 Å². The number of aliphatic hydroxyl groups excluding tert-OH is 1. The molecule has 0 fully saturated rings. The number of carbonyl (C=O) groups is 5. The molecular weight excluding hydrogens is 1270 g/mol. The average Bonchev–Trinajstić information content (AvgIpc) is 0.829. The van der Waals surface area contributed by atoms with Crippen LogP contribution in [0.5, 0.6) is 11.5 Å². The zero-order valence-electron chi connectivity index (χ0n) is 52.0. The first-order valence-corrected chi connectivity index (χ1v) is 33.2. The predicted octanol–water partition coefficient (Wildman–Crippen LogP) is 13.0. The lowest BCUT2D eigenvalue weighted by Gasteiger charge is -2.09. The van der Waals surface area contributed by atoms with Gasteiger partial charge in [-0.15, -0.1) is 0 Å². The SMILES string of the molecule is C=C(O)CCCCCc1ccc(NC(=O)c2ccccc2O)cc1.O=C(O)CCCCCCCNS(=O)(=O)c1ccccc1[N+](=O)[O-].O=C(O)CCCc1ccc(NC(=O)COc2ccccc2)cc1.O=C(O)CCCc1ccc(NS(=O)(=O)c2ccccc2[N+](=O)[O-])cc1. The standard InChI is InChI=1S/C20H23NO3.C18H19NO4.C16H16N2O6S.C14H20N2O6S/c1-15(22)7-3-2-4-8-16-11-13-17(14-12-16)21-20(24)18-9-5-6-10-19(18)23;20-17(13-23-16-6-2-1-3-7-16)19-15-11-9-14(10-12-15)5-4-8-18(21)22;19-16(20)7-3-4-12-8-10-13(11-9-12)17-25(23,24)15-6-2-1-5-14(15)18(21)22;17-14(18)10-4-2-1-3-7-11-15-23(21,22)13-9-6-5-8-12(13)16(19)20/h5-6,9-14,22-23H,1-4,7-8H2,(H,21,24);1-3,6-7,9-12H,4-5,8,13H2,(H,19,20)(H,21,22);1-2,5-6,8-11,17H,3-4,7H2,(H,19,20);5-6,8-9,15H,1-4,7,10-11H2,(H,17,18). The van der Waals surface area contributed by atoms with Gasteiger partial charge in [0.15, 0.2) is 16.4 Å². The Bertz CT molecular complexity index is 3860. The average molecular weight is 1350 g/mol. The van der Waals surface area contributed by atoms with Gasteiger partial charge in [-0.05, 0) is 147 Å². The second kappa shape index (κ2) is 41.2. The minimum Gasteiger partial charge on any atom is -0.513 e. The Morgan fingerprint density at radius 2 is 0.863 bits per heavy atom. The third kappa shape index (κ3) is 30.7. The van der Waals surface area contributed by atoms with E-state index < -0.39 is 64.1 Å². The molecule has 0 spiro atoms. The van der Waals surface area contributed by atoms with Crippen molar-refractivity contribution in [2.75, 3.05) is 28.5 Å². The highest BCUT2D eigenvalue weighted by atomic mass is 32.2. The van der Waals surface area contributed by atoms with Crippen molar-refractivity contribution >= 4 is 78.2 Å². The fourth-order valence-corrected chi connectivity index (χ4v) is 11.3. The summed E-state index contributed by atoms with van der Waals surface area (Å²) < 4.78 is 59.0. The van der Waals surface area contributed by atoms with Crippen LogP contribution < -0.4 is 24.8 Å². The molecule has 0 bridgehead atoms. The number of phenols is 1. The number of allylic oxidation sites excluding steroid dienone is 1. The van der Waals surface area contributed by atoms with Crippen molar-refractivity contribution in [3.05, 3.63) is 231 Å². The number of rotatable bonds is 35. The van der Waals surface area contributed by atoms with E-state index in [0.29, 0.717) is 62.1 Å². The number of phenolic OH excluding ortho intramolecular Hbond substituents is 1. The molecule has 7 rings (SSSR count). The van der Waals surface area contributed by atoms with E-state index >= 15 is 0 Å². The van der Waals surface area contributed by atoms with Gasteiger partial charge in [-0.1, -0.05) is 123 Å². The molecular formula is C68H78N6O19S2. The van der Waals surface area contributed by atoms with Crippen molar-refractivity contribution in [3.63, 3.8) is 0 Å². The number of para-hydroxylation sites is 4. The van der Waals surface area contributed by atoms with E-state index in [1.165, 1.54) is 60.2 Å². The van der Waals surface area contributed by atoms with Crippen LogP contribution in [0.3, 0.4) is 0 Å². The molecule has 7 aromatic carbocycles. The molecule has 7 aromatic rings. The first-order chi connectivity index (χ1) is 45.3. The first kappa shape index (κ1) is 76.9. The molecule has 0 unspecified atom stereocenters. The molecule has 2 amide bonds. The van der Waals surface area contributed by atoms with Crippen molar-refractivity contribution in [2.45, 2.75) is 119 Å². The zero-order valence-corrected chi connectivity index (χ0v) is 53.7. The van der Waals surface area contributed by atoms with E-state index in [4.69, 9.17) is 25.2 Å². The summed E-state index contributed by atoms with van der Waals surface area (Å²) in [6, 6.07) is 47.4. The summed E-state index contributed by atoms with van der Waals surface area (Å²) in [5.74, 6) is -2.16. The van der Waals surface area contributed by atoms with E-state index in [9.17, 15) is 66.1 Å². The van der Waals surface area contributed by atoms with Gasteiger partial charge in [0, 0.05) is 61.4 Å². The summed E-state index contributed by atoms with van der Waals surface area (Å²) in [4.78, 5) is 74.8. The fourth-order valence-electron chi connectivity index (χ4n) is 8.79. The topological polar surface area (TPSA) is 398 Å². The number of carboxylic acid groups (broad SMARTS) is 3. The largest absolute Gasteiger partial charge is 0.513 e. The van der Waals surface area contributed by atoms with Crippen LogP contribution in [0.15, 0.2) is 198 Å². The molecule has 9 N–H and O–H groups in total. The molecule has 0 aromatic heterocycles. The number of nitro benzene ring substituents is 2. The number of nitro groups is 2. The second-order valence-electron chi connectivity index (χ2n) is 21.2. The number of unbranched alkanes of at least 4 members (excludes halogenated alkanes) is 6. The molecule has 27 heteroatoms. The van der Waals surface area contributed by atoms with Crippen LogP contribution in [0.2, 0.25) is 0 Å². The smallest absolute Gasteiger partial charge is 0.303 e. The van der Waals surface area contributed by atoms with E-state index in [1.54, 1.807) is 54.6 Å². The third-order valence-electron chi connectivity index (χ3n) is 13.6. The van der Waals surface area contributed by atoms with E-state index in [1.807, 2.05) is 54.6 Å². The van der Waals surface area contributed by atoms with Crippen LogP contribution in [0, 0.1) is 20.2 Å². The number of aryl methyl sites for hydroxylation is 3. The molecule has 0 atom stereocenters. The number of hydrogen-bond donors (Lipinski definition) is 9. The number of ether oxygens (including phenoxy) is 1. The van der Waals surface area contributed by atoms with Gasteiger partial charge in [0.2, 0.25) is 10.0 Å². The molecule has 95 heavy (non-hydrogen) atoms. The summed E-state index contributed by atoms with van der Waals surface area (Å²) in [7, 11) is -8.01. The van der Waals surface area contributed by atoms with Gasteiger partial charge in [-0.2, -0.15) is 0 Å². The lowest BCUT2D eigenvalue weighted by molar-refractivity contribution is -0.388. The molecule has 0 aliphatic rings. The van der Waals surface area contributed by atoms with Crippen LogP contribution in [0.1, 0.15) is 117 Å². The summed E-state index contributed by atoms with van der Waals surface area (Å²) in [6.45, 7) is 3.61. The Hall–Kier alpha value is -10.5. The summed E-state index contributed by atoms with van der Waals surface area (Å²) in [5.41, 5.74) is 4.08. The van der Waals surface area contributed by atoms with Crippen LogP contribution in [0.25, 0.3) is 0 Å². The minimum atomic E-state index is -4.10. The third-order valence-corrected chi connectivity index (χ3v) is 16.6. The van der Waals surface area contributed by atoms with Gasteiger partial charge in [-0.3, -0.25) is 48.9 Å². The fraction of sp³-hybridized carbons (Fsp3) is 0.279. The number of carbonyl (C=O) groups excluding carboxylic acids is 2. The van der Waals surface area contributed by atoms with Crippen LogP contribution in [0.4, 0.5) is 28.4 Å². The van der Waals surface area contributed by atoms with Gasteiger partial charge in [-0.25, -0.2) is 21.6 Å². The number of nitrogens with zero attached hydrogens (tertiary/aromatic N) is 2. The monoisotopic (exact) mass is 1350 g/mol. The van der Waals surface area contributed by atoms with Crippen molar-refractivity contribution in [2.24, 2.45) is 0 Å². The molecule has 0 saturated carbocycles. The Morgan fingerprint density at radius 3 is 1.37 bits per heavy atom.